The van der Waals surface area contributed by atoms with Gasteiger partial charge in [0.15, 0.2) is 5.58 Å². The van der Waals surface area contributed by atoms with Crippen LogP contribution in [0.1, 0.15) is 56.5 Å². The lowest BCUT2D eigenvalue weighted by atomic mass is 10.1. The van der Waals surface area contributed by atoms with E-state index in [2.05, 4.69) is 45.7 Å². The topological polar surface area (TPSA) is 26.0 Å². The quantitative estimate of drug-likeness (QED) is 0.746. The molecule has 0 aliphatic heterocycles. The maximum Gasteiger partial charge on any atom is 0.153 e. The Kier molecular flexibility index (Phi) is 2.75. The molecular weight excluding hydrogens is 198 g/mol. The first-order chi connectivity index (χ1) is 7.50. The molecule has 0 bridgehead atoms. The molecule has 0 saturated heterocycles. The molecule has 2 aromatic heterocycles. The Bertz CT molecular complexity index is 509. The van der Waals surface area contributed by atoms with Crippen LogP contribution < -0.4 is 0 Å². The zero-order valence-electron chi connectivity index (χ0n) is 10.7. The number of aryl methyl sites for hydroxylation is 1. The zero-order valence-corrected chi connectivity index (χ0v) is 10.7. The monoisotopic (exact) mass is 217 g/mol. The van der Waals surface area contributed by atoms with Crippen molar-refractivity contribution >= 4 is 11.1 Å². The van der Waals surface area contributed by atoms with Crippen molar-refractivity contribution in [2.24, 2.45) is 0 Å². The lowest BCUT2D eigenvalue weighted by molar-refractivity contribution is 0.517. The number of fused-ring (bicyclic) bond motifs is 1. The summed E-state index contributed by atoms with van der Waals surface area (Å²) in [6.45, 7) is 10.7. The van der Waals surface area contributed by atoms with Crippen molar-refractivity contribution in [1.29, 1.82) is 0 Å². The average Bonchev–Trinajstić information content (AvgIpc) is 2.56. The summed E-state index contributed by atoms with van der Waals surface area (Å²) < 4.78 is 5.83. The van der Waals surface area contributed by atoms with Gasteiger partial charge >= 0.3 is 0 Å². The number of nitrogens with zero attached hydrogens (tertiary/aromatic N) is 1. The van der Waals surface area contributed by atoms with Gasteiger partial charge in [0.2, 0.25) is 0 Å². The molecule has 2 rings (SSSR count). The van der Waals surface area contributed by atoms with Crippen molar-refractivity contribution in [3.63, 3.8) is 0 Å². The fourth-order valence-corrected chi connectivity index (χ4v) is 2.00. The maximum absolute atomic E-state index is 5.83. The van der Waals surface area contributed by atoms with Gasteiger partial charge < -0.3 is 4.42 Å². The zero-order chi connectivity index (χ0) is 11.9. The summed E-state index contributed by atoms with van der Waals surface area (Å²) in [6, 6.07) is 4.09. The molecule has 2 heterocycles. The molecule has 0 aliphatic rings. The molecule has 0 atom stereocenters. The molecule has 0 fully saturated rings. The Morgan fingerprint density at radius 3 is 2.31 bits per heavy atom. The normalized spacial score (nSPS) is 11.9. The Morgan fingerprint density at radius 1 is 1.06 bits per heavy atom. The van der Waals surface area contributed by atoms with Crippen molar-refractivity contribution < 1.29 is 4.42 Å². The van der Waals surface area contributed by atoms with E-state index in [1.54, 1.807) is 0 Å². The molecule has 0 aromatic carbocycles. The van der Waals surface area contributed by atoms with Crippen LogP contribution in [-0.4, -0.2) is 4.98 Å². The minimum Gasteiger partial charge on any atom is -0.459 e. The number of pyridine rings is 1. The molecule has 16 heavy (non-hydrogen) atoms. The summed E-state index contributed by atoms with van der Waals surface area (Å²) in [5.41, 5.74) is 4.25. The van der Waals surface area contributed by atoms with Gasteiger partial charge in [0.05, 0.1) is 0 Å². The highest BCUT2D eigenvalue weighted by Gasteiger charge is 2.15. The van der Waals surface area contributed by atoms with Crippen LogP contribution in [0, 0.1) is 6.92 Å². The van der Waals surface area contributed by atoms with E-state index in [-0.39, 0.29) is 0 Å². The fraction of sp³-hybridized carbons (Fsp3) is 0.500. The van der Waals surface area contributed by atoms with Crippen LogP contribution in [0.2, 0.25) is 0 Å². The third-order valence-electron chi connectivity index (χ3n) is 2.94. The third kappa shape index (κ3) is 1.73. The second-order valence-electron chi connectivity index (χ2n) is 4.98. The molecule has 0 unspecified atom stereocenters. The van der Waals surface area contributed by atoms with Crippen LogP contribution in [0.25, 0.3) is 11.1 Å². The first kappa shape index (κ1) is 11.2. The number of furan rings is 1. The molecule has 0 amide bonds. The van der Waals surface area contributed by atoms with Crippen LogP contribution in [0.5, 0.6) is 0 Å². The fourth-order valence-electron chi connectivity index (χ4n) is 2.00. The van der Waals surface area contributed by atoms with E-state index in [0.717, 1.165) is 22.6 Å². The molecule has 2 heteroatoms. The van der Waals surface area contributed by atoms with Gasteiger partial charge in [-0.15, -0.1) is 0 Å². The minimum atomic E-state index is 0.414. The van der Waals surface area contributed by atoms with Crippen molar-refractivity contribution in [3.8, 4) is 0 Å². The van der Waals surface area contributed by atoms with Crippen molar-refractivity contribution in [2.75, 3.05) is 0 Å². The summed E-state index contributed by atoms with van der Waals surface area (Å²) in [7, 11) is 0. The van der Waals surface area contributed by atoms with E-state index in [0.29, 0.717) is 11.8 Å². The molecule has 2 nitrogen and oxygen atoms in total. The molecule has 0 spiro atoms. The van der Waals surface area contributed by atoms with E-state index >= 15 is 0 Å². The van der Waals surface area contributed by atoms with Crippen molar-refractivity contribution in [2.45, 2.75) is 46.5 Å². The first-order valence-electron chi connectivity index (χ1n) is 5.90. The van der Waals surface area contributed by atoms with E-state index in [1.165, 1.54) is 5.56 Å². The third-order valence-corrected chi connectivity index (χ3v) is 2.94. The summed E-state index contributed by atoms with van der Waals surface area (Å²) in [5, 5.41) is 0. The van der Waals surface area contributed by atoms with Crippen LogP contribution in [-0.2, 0) is 0 Å². The number of aromatic nitrogens is 1. The smallest absolute Gasteiger partial charge is 0.153 e. The highest BCUT2D eigenvalue weighted by atomic mass is 16.3. The van der Waals surface area contributed by atoms with Crippen molar-refractivity contribution in [1.82, 2.24) is 4.98 Å². The Balaban J connectivity index is 2.64. The molecule has 0 radical (unpaired) electrons. The van der Waals surface area contributed by atoms with Gasteiger partial charge in [-0.05, 0) is 25.0 Å². The highest BCUT2D eigenvalue weighted by molar-refractivity contribution is 5.78. The van der Waals surface area contributed by atoms with E-state index in [4.69, 9.17) is 4.42 Å². The van der Waals surface area contributed by atoms with Crippen LogP contribution in [0.15, 0.2) is 16.5 Å². The molecule has 0 N–H and O–H groups in total. The molecular formula is C14H19NO. The van der Waals surface area contributed by atoms with E-state index in [1.807, 2.05) is 6.07 Å². The lowest BCUT2D eigenvalue weighted by Gasteiger charge is -2.03. The SMILES string of the molecule is Cc1c(C(C)C)oc2ccc(C(C)C)nc12. The van der Waals surface area contributed by atoms with Crippen LogP contribution >= 0.6 is 0 Å². The van der Waals surface area contributed by atoms with Gasteiger partial charge in [-0.3, -0.25) is 0 Å². The summed E-state index contributed by atoms with van der Waals surface area (Å²) in [6.07, 6.45) is 0. The first-order valence-corrected chi connectivity index (χ1v) is 5.90. The summed E-state index contributed by atoms with van der Waals surface area (Å²) in [4.78, 5) is 4.68. The van der Waals surface area contributed by atoms with Crippen LogP contribution in [0.3, 0.4) is 0 Å². The van der Waals surface area contributed by atoms with Crippen molar-refractivity contribution in [3.05, 3.63) is 29.2 Å². The van der Waals surface area contributed by atoms with Gasteiger partial charge in [0.25, 0.3) is 0 Å². The molecule has 0 aliphatic carbocycles. The summed E-state index contributed by atoms with van der Waals surface area (Å²) >= 11 is 0. The van der Waals surface area contributed by atoms with Gasteiger partial charge in [-0.25, -0.2) is 4.98 Å². The average molecular weight is 217 g/mol. The van der Waals surface area contributed by atoms with Gasteiger partial charge in [-0.2, -0.15) is 0 Å². The van der Waals surface area contributed by atoms with Crippen LogP contribution in [0.4, 0.5) is 0 Å². The predicted octanol–water partition coefficient (Wildman–Crippen LogP) is 4.38. The molecule has 86 valence electrons. The van der Waals surface area contributed by atoms with E-state index < -0.39 is 0 Å². The Morgan fingerprint density at radius 2 is 1.75 bits per heavy atom. The maximum atomic E-state index is 5.83. The predicted molar refractivity (Wildman–Crippen MR) is 66.9 cm³/mol. The van der Waals surface area contributed by atoms with Gasteiger partial charge in [0.1, 0.15) is 11.3 Å². The largest absolute Gasteiger partial charge is 0.459 e. The Hall–Kier alpha value is -1.31. The number of hydrogen-bond donors (Lipinski definition) is 0. The standard InChI is InChI=1S/C14H19NO/c1-8(2)11-6-7-12-13(15-11)10(5)14(16-12)9(3)4/h6-9H,1-5H3. The summed E-state index contributed by atoms with van der Waals surface area (Å²) in [5.74, 6) is 1.93. The highest BCUT2D eigenvalue weighted by Crippen LogP contribution is 2.29. The van der Waals surface area contributed by atoms with Gasteiger partial charge in [-0.1, -0.05) is 27.7 Å². The Labute approximate surface area is 96.7 Å². The second-order valence-corrected chi connectivity index (χ2v) is 4.98. The number of rotatable bonds is 2. The number of hydrogen-bond acceptors (Lipinski definition) is 2. The van der Waals surface area contributed by atoms with Gasteiger partial charge in [0, 0.05) is 17.2 Å². The second kappa shape index (κ2) is 3.93. The molecule has 2 aromatic rings. The minimum absolute atomic E-state index is 0.414. The lowest BCUT2D eigenvalue weighted by Crippen LogP contribution is -1.92. The van der Waals surface area contributed by atoms with E-state index in [9.17, 15) is 0 Å². The molecule has 0 saturated carbocycles.